The highest BCUT2D eigenvalue weighted by Gasteiger charge is 2.20. The van der Waals surface area contributed by atoms with Gasteiger partial charge in [-0.25, -0.2) is 0 Å². The summed E-state index contributed by atoms with van der Waals surface area (Å²) in [5, 5.41) is 3.56. The lowest BCUT2D eigenvalue weighted by atomic mass is 10.1. The quantitative estimate of drug-likeness (QED) is 0.869. The van der Waals surface area contributed by atoms with E-state index in [1.807, 2.05) is 6.07 Å². The SMILES string of the molecule is CCN1CCC(CNCc2ccc(OC)c(Br)c2)C1. The zero-order valence-electron chi connectivity index (χ0n) is 11.8. The summed E-state index contributed by atoms with van der Waals surface area (Å²) in [5.74, 6) is 1.69. The van der Waals surface area contributed by atoms with Crippen molar-refractivity contribution in [1.82, 2.24) is 10.2 Å². The topological polar surface area (TPSA) is 24.5 Å². The Hall–Kier alpha value is -0.580. The summed E-state index contributed by atoms with van der Waals surface area (Å²) >= 11 is 3.52. The van der Waals surface area contributed by atoms with Crippen molar-refractivity contribution >= 4 is 15.9 Å². The van der Waals surface area contributed by atoms with E-state index in [0.29, 0.717) is 0 Å². The van der Waals surface area contributed by atoms with Gasteiger partial charge in [0.1, 0.15) is 5.75 Å². The van der Waals surface area contributed by atoms with Crippen molar-refractivity contribution < 1.29 is 4.74 Å². The minimum Gasteiger partial charge on any atom is -0.496 e. The highest BCUT2D eigenvalue weighted by atomic mass is 79.9. The average molecular weight is 327 g/mol. The van der Waals surface area contributed by atoms with Gasteiger partial charge in [0.2, 0.25) is 0 Å². The van der Waals surface area contributed by atoms with Crippen LogP contribution in [-0.4, -0.2) is 38.2 Å². The number of methoxy groups -OCH3 is 1. The van der Waals surface area contributed by atoms with E-state index in [1.54, 1.807) is 7.11 Å². The van der Waals surface area contributed by atoms with Crippen molar-refractivity contribution in [3.63, 3.8) is 0 Å². The molecular formula is C15H23BrN2O. The van der Waals surface area contributed by atoms with Crippen molar-refractivity contribution in [2.45, 2.75) is 19.9 Å². The molecule has 0 radical (unpaired) electrons. The van der Waals surface area contributed by atoms with Crippen molar-refractivity contribution in [3.8, 4) is 5.75 Å². The van der Waals surface area contributed by atoms with Gasteiger partial charge in [-0.1, -0.05) is 13.0 Å². The van der Waals surface area contributed by atoms with Crippen LogP contribution in [0.15, 0.2) is 22.7 Å². The molecule has 1 fully saturated rings. The molecule has 0 aliphatic carbocycles. The van der Waals surface area contributed by atoms with Gasteiger partial charge in [0.05, 0.1) is 11.6 Å². The minimum absolute atomic E-state index is 0.807. The standard InChI is InChI=1S/C15H23BrN2O/c1-3-18-7-6-13(11-18)10-17-9-12-4-5-15(19-2)14(16)8-12/h4-5,8,13,17H,3,6-7,9-11H2,1-2H3. The Morgan fingerprint density at radius 3 is 2.95 bits per heavy atom. The van der Waals surface area contributed by atoms with Gasteiger partial charge < -0.3 is 15.0 Å². The first-order valence-corrected chi connectivity index (χ1v) is 7.77. The van der Waals surface area contributed by atoms with Crippen molar-refractivity contribution in [1.29, 1.82) is 0 Å². The van der Waals surface area contributed by atoms with Crippen molar-refractivity contribution in [2.75, 3.05) is 33.3 Å². The first kappa shape index (κ1) is 14.8. The van der Waals surface area contributed by atoms with Gasteiger partial charge in [0, 0.05) is 13.1 Å². The molecule has 1 aliphatic rings. The highest BCUT2D eigenvalue weighted by Crippen LogP contribution is 2.25. The van der Waals surface area contributed by atoms with Gasteiger partial charge in [-0.3, -0.25) is 0 Å². The molecule has 0 saturated carbocycles. The molecule has 1 aromatic rings. The number of hydrogen-bond acceptors (Lipinski definition) is 3. The predicted molar refractivity (Wildman–Crippen MR) is 82.6 cm³/mol. The third-order valence-electron chi connectivity index (χ3n) is 3.80. The average Bonchev–Trinajstić information content (AvgIpc) is 2.87. The minimum atomic E-state index is 0.807. The Bertz CT molecular complexity index is 411. The number of benzene rings is 1. The first-order chi connectivity index (χ1) is 9.22. The van der Waals surface area contributed by atoms with Gasteiger partial charge >= 0.3 is 0 Å². The van der Waals surface area contributed by atoms with E-state index < -0.39 is 0 Å². The molecule has 4 heteroatoms. The molecule has 1 unspecified atom stereocenters. The molecular weight excluding hydrogens is 304 g/mol. The van der Waals surface area contributed by atoms with Crippen LogP contribution in [0.3, 0.4) is 0 Å². The summed E-state index contributed by atoms with van der Waals surface area (Å²) in [5.41, 5.74) is 1.29. The highest BCUT2D eigenvalue weighted by molar-refractivity contribution is 9.10. The largest absolute Gasteiger partial charge is 0.496 e. The number of nitrogens with zero attached hydrogens (tertiary/aromatic N) is 1. The van der Waals surface area contributed by atoms with Crippen LogP contribution in [0.2, 0.25) is 0 Å². The summed E-state index contributed by atoms with van der Waals surface area (Å²) in [4.78, 5) is 2.52. The summed E-state index contributed by atoms with van der Waals surface area (Å²) in [6.07, 6.45) is 1.33. The Morgan fingerprint density at radius 1 is 1.47 bits per heavy atom. The van der Waals surface area contributed by atoms with Crippen molar-refractivity contribution in [3.05, 3.63) is 28.2 Å². The van der Waals surface area contributed by atoms with Gasteiger partial charge in [0.25, 0.3) is 0 Å². The summed E-state index contributed by atoms with van der Waals surface area (Å²) in [7, 11) is 1.69. The smallest absolute Gasteiger partial charge is 0.133 e. The maximum atomic E-state index is 5.24. The van der Waals surface area contributed by atoms with Gasteiger partial charge in [-0.05, 0) is 65.6 Å². The Kier molecular flexibility index (Phi) is 5.67. The zero-order valence-corrected chi connectivity index (χ0v) is 13.4. The number of ether oxygens (including phenoxy) is 1. The number of hydrogen-bond donors (Lipinski definition) is 1. The van der Waals surface area contributed by atoms with E-state index in [-0.39, 0.29) is 0 Å². The lowest BCUT2D eigenvalue weighted by molar-refractivity contribution is 0.339. The summed E-state index contributed by atoms with van der Waals surface area (Å²) < 4.78 is 6.26. The lowest BCUT2D eigenvalue weighted by Gasteiger charge is -2.14. The van der Waals surface area contributed by atoms with Crippen LogP contribution in [0.4, 0.5) is 0 Å². The van der Waals surface area contributed by atoms with Crippen LogP contribution in [-0.2, 0) is 6.54 Å². The second-order valence-electron chi connectivity index (χ2n) is 5.15. The fourth-order valence-corrected chi connectivity index (χ4v) is 3.20. The number of likely N-dealkylation sites (tertiary alicyclic amines) is 1. The summed E-state index contributed by atoms with van der Waals surface area (Å²) in [6.45, 7) is 7.96. The van der Waals surface area contributed by atoms with Gasteiger partial charge in [0.15, 0.2) is 0 Å². The van der Waals surface area contributed by atoms with E-state index in [0.717, 1.165) is 29.2 Å². The molecule has 1 saturated heterocycles. The molecule has 1 aromatic carbocycles. The molecule has 1 heterocycles. The Balaban J connectivity index is 1.75. The third-order valence-corrected chi connectivity index (χ3v) is 4.42. The fourth-order valence-electron chi connectivity index (χ4n) is 2.61. The van der Waals surface area contributed by atoms with E-state index in [1.165, 1.54) is 31.6 Å². The summed E-state index contributed by atoms with van der Waals surface area (Å²) in [6, 6.07) is 6.25. The normalized spacial score (nSPS) is 19.8. The number of nitrogens with one attached hydrogen (secondary N) is 1. The molecule has 1 N–H and O–H groups in total. The lowest BCUT2D eigenvalue weighted by Crippen LogP contribution is -2.26. The molecule has 3 nitrogen and oxygen atoms in total. The van der Waals surface area contributed by atoms with E-state index >= 15 is 0 Å². The number of rotatable bonds is 6. The third kappa shape index (κ3) is 4.20. The molecule has 1 aliphatic heterocycles. The van der Waals surface area contributed by atoms with Crippen molar-refractivity contribution in [2.24, 2.45) is 5.92 Å². The second-order valence-corrected chi connectivity index (χ2v) is 6.00. The molecule has 0 bridgehead atoms. The zero-order chi connectivity index (χ0) is 13.7. The molecule has 0 amide bonds. The van der Waals surface area contributed by atoms with Crippen LogP contribution >= 0.6 is 15.9 Å². The van der Waals surface area contributed by atoms with E-state index in [9.17, 15) is 0 Å². The maximum Gasteiger partial charge on any atom is 0.133 e. The molecule has 106 valence electrons. The van der Waals surface area contributed by atoms with Gasteiger partial charge in [-0.15, -0.1) is 0 Å². The van der Waals surface area contributed by atoms with Crippen LogP contribution in [0.25, 0.3) is 0 Å². The monoisotopic (exact) mass is 326 g/mol. The maximum absolute atomic E-state index is 5.24. The molecule has 2 rings (SSSR count). The molecule has 19 heavy (non-hydrogen) atoms. The van der Waals surface area contributed by atoms with Gasteiger partial charge in [-0.2, -0.15) is 0 Å². The van der Waals surface area contributed by atoms with Crippen LogP contribution < -0.4 is 10.1 Å². The second kappa shape index (κ2) is 7.27. The van der Waals surface area contributed by atoms with Crippen LogP contribution in [0.5, 0.6) is 5.75 Å². The Labute approximate surface area is 124 Å². The van der Waals surface area contributed by atoms with E-state index in [4.69, 9.17) is 4.74 Å². The molecule has 1 atom stereocenters. The fraction of sp³-hybridized carbons (Fsp3) is 0.600. The Morgan fingerprint density at radius 2 is 2.32 bits per heavy atom. The molecule has 0 aromatic heterocycles. The van der Waals surface area contributed by atoms with Crippen LogP contribution in [0, 0.1) is 5.92 Å². The number of halogens is 1. The van der Waals surface area contributed by atoms with Crippen LogP contribution in [0.1, 0.15) is 18.9 Å². The van der Waals surface area contributed by atoms with E-state index in [2.05, 4.69) is 45.2 Å². The first-order valence-electron chi connectivity index (χ1n) is 6.98. The molecule has 0 spiro atoms. The predicted octanol–water partition coefficient (Wildman–Crippen LogP) is 2.89.